The van der Waals surface area contributed by atoms with Crippen LogP contribution in [0.15, 0.2) is 51.0 Å². The van der Waals surface area contributed by atoms with Crippen molar-refractivity contribution in [1.29, 1.82) is 0 Å². The molecule has 4 heterocycles. The fraction of sp³-hybridized carbons (Fsp3) is 0.389. The van der Waals surface area contributed by atoms with E-state index in [-0.39, 0.29) is 0 Å². The van der Waals surface area contributed by atoms with Crippen molar-refractivity contribution in [2.24, 2.45) is 0 Å². The summed E-state index contributed by atoms with van der Waals surface area (Å²) in [5, 5.41) is 13.3. The second kappa shape index (κ2) is 6.93. The minimum atomic E-state index is -0.542. The molecule has 0 radical (unpaired) electrons. The summed E-state index contributed by atoms with van der Waals surface area (Å²) in [6, 6.07) is 7.82. The lowest BCUT2D eigenvalue weighted by Gasteiger charge is -2.25. The molecule has 2 unspecified atom stereocenters. The van der Waals surface area contributed by atoms with Gasteiger partial charge in [0.2, 0.25) is 0 Å². The van der Waals surface area contributed by atoms with Gasteiger partial charge in [0.1, 0.15) is 11.9 Å². The standard InChI is InChI=1S/C18H20N2O3S/c21-15(16-5-2-8-22-16)10-14-4-1-7-20(14)11-13-12-24-18(19-13)17-6-3-9-23-17/h2-3,5-6,8-9,12,14-15,21H,1,4,7,10-11H2. The van der Waals surface area contributed by atoms with E-state index in [1.807, 2.05) is 24.3 Å². The van der Waals surface area contributed by atoms with Crippen LogP contribution in [-0.2, 0) is 6.54 Å². The number of likely N-dealkylation sites (tertiary alicyclic amines) is 1. The van der Waals surface area contributed by atoms with Gasteiger partial charge in [0.25, 0.3) is 0 Å². The molecule has 4 rings (SSSR count). The Balaban J connectivity index is 1.40. The van der Waals surface area contributed by atoms with Crippen molar-refractivity contribution in [2.45, 2.75) is 38.0 Å². The average molecular weight is 344 g/mol. The molecule has 24 heavy (non-hydrogen) atoms. The Labute approximate surface area is 144 Å². The number of thiazole rings is 1. The first-order valence-corrected chi connectivity index (χ1v) is 9.11. The van der Waals surface area contributed by atoms with E-state index in [9.17, 15) is 5.11 Å². The van der Waals surface area contributed by atoms with Crippen molar-refractivity contribution in [2.75, 3.05) is 6.54 Å². The van der Waals surface area contributed by atoms with Crippen LogP contribution in [0, 0.1) is 0 Å². The van der Waals surface area contributed by atoms with E-state index in [2.05, 4.69) is 15.3 Å². The number of aromatic nitrogens is 1. The number of hydrogen-bond donors (Lipinski definition) is 1. The molecule has 1 aliphatic heterocycles. The topological polar surface area (TPSA) is 62.6 Å². The van der Waals surface area contributed by atoms with Gasteiger partial charge >= 0.3 is 0 Å². The molecule has 3 aromatic heterocycles. The Morgan fingerprint density at radius 1 is 1.29 bits per heavy atom. The highest BCUT2D eigenvalue weighted by Crippen LogP contribution is 2.30. The summed E-state index contributed by atoms with van der Waals surface area (Å²) in [6.07, 6.45) is 5.69. The van der Waals surface area contributed by atoms with Crippen LogP contribution in [0.3, 0.4) is 0 Å². The third-order valence-corrected chi connectivity index (χ3v) is 5.42. The fourth-order valence-electron chi connectivity index (χ4n) is 3.33. The van der Waals surface area contributed by atoms with Crippen molar-refractivity contribution in [3.63, 3.8) is 0 Å². The minimum Gasteiger partial charge on any atom is -0.467 e. The van der Waals surface area contributed by atoms with Crippen LogP contribution in [-0.4, -0.2) is 27.6 Å². The molecule has 0 spiro atoms. The SMILES string of the molecule is OC(CC1CCCN1Cc1csc(-c2ccco2)n1)c1ccco1. The second-order valence-corrected chi connectivity index (χ2v) is 7.01. The fourth-order valence-corrected chi connectivity index (χ4v) is 4.10. The normalized spacial score (nSPS) is 19.8. The van der Waals surface area contributed by atoms with Gasteiger partial charge in [-0.3, -0.25) is 4.90 Å². The molecule has 126 valence electrons. The molecule has 6 heteroatoms. The van der Waals surface area contributed by atoms with Gasteiger partial charge in [-0.1, -0.05) is 0 Å². The summed E-state index contributed by atoms with van der Waals surface area (Å²) in [4.78, 5) is 7.09. The van der Waals surface area contributed by atoms with E-state index in [4.69, 9.17) is 8.83 Å². The highest BCUT2D eigenvalue weighted by atomic mass is 32.1. The summed E-state index contributed by atoms with van der Waals surface area (Å²) in [5.41, 5.74) is 1.06. The Kier molecular flexibility index (Phi) is 4.51. The first-order valence-electron chi connectivity index (χ1n) is 8.23. The van der Waals surface area contributed by atoms with Crippen LogP contribution in [0.25, 0.3) is 10.8 Å². The first kappa shape index (κ1) is 15.6. The summed E-state index contributed by atoms with van der Waals surface area (Å²) in [6.45, 7) is 1.86. The average Bonchev–Trinajstić information content (AvgIpc) is 3.37. The summed E-state index contributed by atoms with van der Waals surface area (Å²) >= 11 is 1.61. The van der Waals surface area contributed by atoms with E-state index >= 15 is 0 Å². The predicted molar refractivity (Wildman–Crippen MR) is 91.5 cm³/mol. The predicted octanol–water partition coefficient (Wildman–Crippen LogP) is 4.08. The number of furan rings is 2. The van der Waals surface area contributed by atoms with E-state index in [1.54, 1.807) is 23.9 Å². The number of aliphatic hydroxyl groups excluding tert-OH is 1. The van der Waals surface area contributed by atoms with Crippen LogP contribution in [0.2, 0.25) is 0 Å². The molecular formula is C18H20N2O3S. The van der Waals surface area contributed by atoms with Crippen LogP contribution in [0.1, 0.15) is 36.8 Å². The van der Waals surface area contributed by atoms with Gasteiger partial charge in [0.05, 0.1) is 18.2 Å². The van der Waals surface area contributed by atoms with Gasteiger partial charge in [-0.05, 0) is 50.1 Å². The molecular weight excluding hydrogens is 324 g/mol. The number of aliphatic hydroxyl groups is 1. The smallest absolute Gasteiger partial charge is 0.162 e. The van der Waals surface area contributed by atoms with E-state index < -0.39 is 6.10 Å². The molecule has 0 saturated carbocycles. The van der Waals surface area contributed by atoms with E-state index in [0.717, 1.165) is 42.4 Å². The van der Waals surface area contributed by atoms with Gasteiger partial charge in [-0.15, -0.1) is 11.3 Å². The molecule has 5 nitrogen and oxygen atoms in total. The summed E-state index contributed by atoms with van der Waals surface area (Å²) < 4.78 is 10.7. The Morgan fingerprint density at radius 2 is 2.17 bits per heavy atom. The van der Waals surface area contributed by atoms with Crippen molar-refractivity contribution >= 4 is 11.3 Å². The lowest BCUT2D eigenvalue weighted by molar-refractivity contribution is 0.0992. The Bertz CT molecular complexity index is 751. The lowest BCUT2D eigenvalue weighted by atomic mass is 10.1. The molecule has 3 aromatic rings. The monoisotopic (exact) mass is 344 g/mol. The molecule has 0 aromatic carbocycles. The first-order chi connectivity index (χ1) is 11.8. The van der Waals surface area contributed by atoms with Crippen LogP contribution >= 0.6 is 11.3 Å². The third-order valence-electron chi connectivity index (χ3n) is 4.51. The molecule has 1 fully saturated rings. The van der Waals surface area contributed by atoms with Crippen molar-refractivity contribution in [3.8, 4) is 10.8 Å². The van der Waals surface area contributed by atoms with E-state index in [1.165, 1.54) is 0 Å². The largest absolute Gasteiger partial charge is 0.467 e. The zero-order valence-corrected chi connectivity index (χ0v) is 14.1. The quantitative estimate of drug-likeness (QED) is 0.730. The van der Waals surface area contributed by atoms with Gasteiger partial charge in [0.15, 0.2) is 10.8 Å². The molecule has 1 N–H and O–H groups in total. The van der Waals surface area contributed by atoms with Gasteiger partial charge in [-0.25, -0.2) is 4.98 Å². The number of rotatable bonds is 6. The maximum absolute atomic E-state index is 10.3. The van der Waals surface area contributed by atoms with Crippen LogP contribution in [0.5, 0.6) is 0 Å². The van der Waals surface area contributed by atoms with Gasteiger partial charge < -0.3 is 13.9 Å². The van der Waals surface area contributed by atoms with Crippen molar-refractivity contribution in [1.82, 2.24) is 9.88 Å². The molecule has 2 atom stereocenters. The maximum Gasteiger partial charge on any atom is 0.162 e. The molecule has 1 saturated heterocycles. The highest BCUT2D eigenvalue weighted by molar-refractivity contribution is 7.13. The molecule has 0 bridgehead atoms. The summed E-state index contributed by atoms with van der Waals surface area (Å²) in [5.74, 6) is 1.47. The Morgan fingerprint density at radius 3 is 2.96 bits per heavy atom. The Hall–Kier alpha value is -1.89. The molecule has 1 aliphatic rings. The number of hydrogen-bond acceptors (Lipinski definition) is 6. The third kappa shape index (κ3) is 3.31. The van der Waals surface area contributed by atoms with Gasteiger partial charge in [-0.2, -0.15) is 0 Å². The maximum atomic E-state index is 10.3. The molecule has 0 amide bonds. The molecule has 0 aliphatic carbocycles. The zero-order valence-electron chi connectivity index (χ0n) is 13.3. The highest BCUT2D eigenvalue weighted by Gasteiger charge is 2.28. The number of nitrogens with zero attached hydrogens (tertiary/aromatic N) is 2. The lowest BCUT2D eigenvalue weighted by Crippen LogP contribution is -2.30. The van der Waals surface area contributed by atoms with Crippen molar-refractivity contribution < 1.29 is 13.9 Å². The van der Waals surface area contributed by atoms with Crippen molar-refractivity contribution in [3.05, 3.63) is 53.6 Å². The second-order valence-electron chi connectivity index (χ2n) is 6.15. The van der Waals surface area contributed by atoms with Crippen LogP contribution in [0.4, 0.5) is 0 Å². The summed E-state index contributed by atoms with van der Waals surface area (Å²) in [7, 11) is 0. The van der Waals surface area contributed by atoms with Crippen LogP contribution < -0.4 is 0 Å². The van der Waals surface area contributed by atoms with Gasteiger partial charge in [0, 0.05) is 18.0 Å². The zero-order chi connectivity index (χ0) is 16.4. The minimum absolute atomic E-state index is 0.360. The van der Waals surface area contributed by atoms with E-state index in [0.29, 0.717) is 18.2 Å².